The number of rotatable bonds is 3. The van der Waals surface area contributed by atoms with E-state index in [0.29, 0.717) is 24.2 Å². The number of fused-ring (bicyclic) bond motifs is 1. The molecule has 4 atom stereocenters. The molecule has 5 heteroatoms. The Kier molecular flexibility index (Phi) is 3.85. The number of amides is 1. The minimum absolute atomic E-state index is 0.0254. The number of hydrogen-bond acceptors (Lipinski definition) is 3. The van der Waals surface area contributed by atoms with E-state index < -0.39 is 0 Å². The number of halogens is 1. The molecule has 1 N–H and O–H groups in total. The van der Waals surface area contributed by atoms with Crippen LogP contribution in [-0.2, 0) is 4.74 Å². The second-order valence-electron chi connectivity index (χ2n) is 7.96. The summed E-state index contributed by atoms with van der Waals surface area (Å²) < 4.78 is 20.2. The SMILES string of the molecule is O=C(c1ccc(-c2ccccc2F)cc1)N1C[C@@H]2[C@H](CO)[C@H]3CC[C@]2(C1)O3. The zero-order chi connectivity index (χ0) is 18.6. The Morgan fingerprint density at radius 1 is 1.22 bits per heavy atom. The molecule has 3 saturated heterocycles. The summed E-state index contributed by atoms with van der Waals surface area (Å²) in [4.78, 5) is 14.8. The molecule has 3 aliphatic heterocycles. The van der Waals surface area contributed by atoms with Gasteiger partial charge in [-0.2, -0.15) is 0 Å². The van der Waals surface area contributed by atoms with Crippen molar-refractivity contribution in [1.29, 1.82) is 0 Å². The van der Waals surface area contributed by atoms with E-state index in [2.05, 4.69) is 0 Å². The van der Waals surface area contributed by atoms with E-state index >= 15 is 0 Å². The third kappa shape index (κ3) is 2.52. The lowest BCUT2D eigenvalue weighted by molar-refractivity contribution is 0.00154. The molecule has 4 nitrogen and oxygen atoms in total. The van der Waals surface area contributed by atoms with Gasteiger partial charge in [0.15, 0.2) is 0 Å². The van der Waals surface area contributed by atoms with Crippen molar-refractivity contribution in [2.24, 2.45) is 11.8 Å². The lowest BCUT2D eigenvalue weighted by Crippen LogP contribution is -2.38. The van der Waals surface area contributed by atoms with Crippen molar-refractivity contribution in [1.82, 2.24) is 4.90 Å². The predicted molar refractivity (Wildman–Crippen MR) is 98.6 cm³/mol. The molecule has 2 aromatic carbocycles. The molecule has 0 unspecified atom stereocenters. The highest BCUT2D eigenvalue weighted by molar-refractivity contribution is 5.95. The lowest BCUT2D eigenvalue weighted by Gasteiger charge is -2.27. The Labute approximate surface area is 157 Å². The van der Waals surface area contributed by atoms with Crippen molar-refractivity contribution in [3.63, 3.8) is 0 Å². The van der Waals surface area contributed by atoms with Crippen LogP contribution in [0.4, 0.5) is 4.39 Å². The number of likely N-dealkylation sites (tertiary alicyclic amines) is 1. The number of carbonyl (C=O) groups excluding carboxylic acids is 1. The highest BCUT2D eigenvalue weighted by atomic mass is 19.1. The normalized spacial score (nSPS) is 31.3. The van der Waals surface area contributed by atoms with Gasteiger partial charge in [-0.3, -0.25) is 4.79 Å². The molecular weight excluding hydrogens is 345 g/mol. The zero-order valence-corrected chi connectivity index (χ0v) is 15.0. The van der Waals surface area contributed by atoms with E-state index in [1.54, 1.807) is 42.5 Å². The lowest BCUT2D eigenvalue weighted by atomic mass is 9.74. The van der Waals surface area contributed by atoms with Crippen LogP contribution in [0.2, 0.25) is 0 Å². The molecule has 1 spiro atoms. The van der Waals surface area contributed by atoms with Crippen LogP contribution in [0.1, 0.15) is 23.2 Å². The van der Waals surface area contributed by atoms with Crippen LogP contribution < -0.4 is 0 Å². The summed E-state index contributed by atoms with van der Waals surface area (Å²) >= 11 is 0. The summed E-state index contributed by atoms with van der Waals surface area (Å²) in [5.41, 5.74) is 1.62. The van der Waals surface area contributed by atoms with Gasteiger partial charge in [0, 0.05) is 36.1 Å². The quantitative estimate of drug-likeness (QED) is 0.907. The Balaban J connectivity index is 1.36. The first kappa shape index (κ1) is 16.9. The molecule has 1 amide bonds. The largest absolute Gasteiger partial charge is 0.396 e. The number of nitrogens with zero attached hydrogens (tertiary/aromatic N) is 1. The molecule has 2 bridgehead atoms. The minimum Gasteiger partial charge on any atom is -0.396 e. The van der Waals surface area contributed by atoms with Crippen molar-refractivity contribution in [2.45, 2.75) is 24.5 Å². The first-order valence-corrected chi connectivity index (χ1v) is 9.54. The summed E-state index contributed by atoms with van der Waals surface area (Å²) in [7, 11) is 0. The fraction of sp³-hybridized carbons (Fsp3) is 0.409. The third-order valence-corrected chi connectivity index (χ3v) is 6.60. The van der Waals surface area contributed by atoms with Crippen LogP contribution in [-0.4, -0.2) is 47.3 Å². The standard InChI is InChI=1S/C22H22FNO3/c23-19-4-2-1-3-16(19)14-5-7-15(8-6-14)21(26)24-11-18-17(12-25)20-9-10-22(18,13-24)27-20/h1-8,17-18,20,25H,9-13H2/t17-,18+,20+,22+/m0/s1. The summed E-state index contributed by atoms with van der Waals surface area (Å²) in [6.07, 6.45) is 2.09. The van der Waals surface area contributed by atoms with Crippen molar-refractivity contribution in [3.8, 4) is 11.1 Å². The van der Waals surface area contributed by atoms with E-state index in [-0.39, 0.29) is 41.9 Å². The number of hydrogen-bond donors (Lipinski definition) is 1. The maximum atomic E-state index is 14.0. The van der Waals surface area contributed by atoms with Gasteiger partial charge in [0.25, 0.3) is 5.91 Å². The van der Waals surface area contributed by atoms with Gasteiger partial charge >= 0.3 is 0 Å². The molecule has 5 rings (SSSR count). The van der Waals surface area contributed by atoms with Crippen LogP contribution in [0.3, 0.4) is 0 Å². The summed E-state index contributed by atoms with van der Waals surface area (Å²) in [6, 6.07) is 13.7. The van der Waals surface area contributed by atoms with Gasteiger partial charge in [0.2, 0.25) is 0 Å². The number of ether oxygens (including phenoxy) is 1. The second kappa shape index (κ2) is 6.14. The zero-order valence-electron chi connectivity index (χ0n) is 15.0. The predicted octanol–water partition coefficient (Wildman–Crippen LogP) is 3.10. The van der Waals surface area contributed by atoms with Gasteiger partial charge in [-0.05, 0) is 36.6 Å². The average Bonchev–Trinajstić information content (AvgIpc) is 3.36. The fourth-order valence-corrected chi connectivity index (χ4v) is 5.26. The smallest absolute Gasteiger partial charge is 0.253 e. The van der Waals surface area contributed by atoms with Crippen LogP contribution in [0.25, 0.3) is 11.1 Å². The maximum absolute atomic E-state index is 14.0. The van der Waals surface area contributed by atoms with Crippen LogP contribution >= 0.6 is 0 Å². The van der Waals surface area contributed by atoms with Gasteiger partial charge in [0.1, 0.15) is 5.82 Å². The molecule has 2 aromatic rings. The molecule has 3 aliphatic rings. The number of benzene rings is 2. The molecule has 27 heavy (non-hydrogen) atoms. The molecule has 3 fully saturated rings. The molecule has 0 aliphatic carbocycles. The van der Waals surface area contributed by atoms with Crippen LogP contribution in [0, 0.1) is 17.7 Å². The second-order valence-corrected chi connectivity index (χ2v) is 7.96. The van der Waals surface area contributed by atoms with E-state index in [0.717, 1.165) is 18.4 Å². The van der Waals surface area contributed by atoms with Crippen molar-refractivity contribution >= 4 is 5.91 Å². The molecule has 3 heterocycles. The third-order valence-electron chi connectivity index (χ3n) is 6.60. The van der Waals surface area contributed by atoms with E-state index in [1.165, 1.54) is 6.07 Å². The molecular formula is C22H22FNO3. The summed E-state index contributed by atoms with van der Waals surface area (Å²) in [6.45, 7) is 1.35. The topological polar surface area (TPSA) is 49.8 Å². The first-order chi connectivity index (χ1) is 13.1. The Bertz CT molecular complexity index is 883. The van der Waals surface area contributed by atoms with Gasteiger partial charge < -0.3 is 14.7 Å². The molecule has 0 radical (unpaired) electrons. The number of aliphatic hydroxyl groups excluding tert-OH is 1. The number of aliphatic hydroxyl groups is 1. The van der Waals surface area contributed by atoms with Crippen molar-refractivity contribution in [3.05, 3.63) is 59.9 Å². The van der Waals surface area contributed by atoms with Gasteiger partial charge in [-0.25, -0.2) is 4.39 Å². The van der Waals surface area contributed by atoms with Crippen LogP contribution in [0.5, 0.6) is 0 Å². The van der Waals surface area contributed by atoms with Crippen molar-refractivity contribution < 1.29 is 19.0 Å². The Hall–Kier alpha value is -2.24. The summed E-state index contributed by atoms with van der Waals surface area (Å²) in [5, 5.41) is 9.72. The van der Waals surface area contributed by atoms with Crippen molar-refractivity contribution in [2.75, 3.05) is 19.7 Å². The highest BCUT2D eigenvalue weighted by Crippen LogP contribution is 2.54. The Morgan fingerprint density at radius 2 is 2.00 bits per heavy atom. The van der Waals surface area contributed by atoms with E-state index in [1.807, 2.05) is 4.90 Å². The maximum Gasteiger partial charge on any atom is 0.253 e. The van der Waals surface area contributed by atoms with E-state index in [4.69, 9.17) is 4.74 Å². The average molecular weight is 367 g/mol. The Morgan fingerprint density at radius 3 is 2.74 bits per heavy atom. The van der Waals surface area contributed by atoms with E-state index in [9.17, 15) is 14.3 Å². The van der Waals surface area contributed by atoms with Crippen LogP contribution in [0.15, 0.2) is 48.5 Å². The fourth-order valence-electron chi connectivity index (χ4n) is 5.26. The molecule has 0 saturated carbocycles. The molecule has 0 aromatic heterocycles. The first-order valence-electron chi connectivity index (χ1n) is 9.54. The molecule has 140 valence electrons. The minimum atomic E-state index is -0.272. The van der Waals surface area contributed by atoms with Gasteiger partial charge in [0.05, 0.1) is 18.2 Å². The highest BCUT2D eigenvalue weighted by Gasteiger charge is 2.63. The van der Waals surface area contributed by atoms with Gasteiger partial charge in [-0.1, -0.05) is 30.3 Å². The number of carbonyl (C=O) groups is 1. The monoisotopic (exact) mass is 367 g/mol. The van der Waals surface area contributed by atoms with Gasteiger partial charge in [-0.15, -0.1) is 0 Å². The summed E-state index contributed by atoms with van der Waals surface area (Å²) in [5.74, 6) is 0.0662.